The summed E-state index contributed by atoms with van der Waals surface area (Å²) in [5, 5.41) is 8.79. The Hall–Kier alpha value is -1.98. The van der Waals surface area contributed by atoms with Crippen LogP contribution in [0.3, 0.4) is 0 Å². The summed E-state index contributed by atoms with van der Waals surface area (Å²) in [5.41, 5.74) is -0.0865. The zero-order chi connectivity index (χ0) is 13.7. The molecule has 18 heavy (non-hydrogen) atoms. The van der Waals surface area contributed by atoms with Gasteiger partial charge in [-0.3, -0.25) is 9.59 Å². The molecular weight excluding hydrogens is 239 g/mol. The summed E-state index contributed by atoms with van der Waals surface area (Å²) in [7, 11) is 0. The summed E-state index contributed by atoms with van der Waals surface area (Å²) >= 11 is 0. The van der Waals surface area contributed by atoms with Crippen LogP contribution in [0.4, 0.5) is 4.39 Å². The molecule has 0 aliphatic carbocycles. The van der Waals surface area contributed by atoms with E-state index in [1.54, 1.807) is 6.92 Å². The number of hydrogen-bond donors (Lipinski definition) is 1. The summed E-state index contributed by atoms with van der Waals surface area (Å²) in [6.45, 7) is 3.15. The normalized spacial score (nSPS) is 11.9. The van der Waals surface area contributed by atoms with E-state index in [0.29, 0.717) is 6.42 Å². The fraction of sp³-hybridized carbons (Fsp3) is 0.417. The van der Waals surface area contributed by atoms with Gasteiger partial charge in [-0.2, -0.15) is 4.39 Å². The first-order chi connectivity index (χ1) is 8.45. The first-order valence-electron chi connectivity index (χ1n) is 5.61. The van der Waals surface area contributed by atoms with Crippen LogP contribution in [-0.4, -0.2) is 39.5 Å². The maximum absolute atomic E-state index is 12.9. The van der Waals surface area contributed by atoms with Crippen LogP contribution in [0.15, 0.2) is 18.2 Å². The average molecular weight is 254 g/mol. The van der Waals surface area contributed by atoms with Gasteiger partial charge in [-0.1, -0.05) is 13.0 Å². The molecule has 0 aliphatic heterocycles. The lowest BCUT2D eigenvalue weighted by atomic mass is 10.2. The molecule has 0 saturated heterocycles. The van der Waals surface area contributed by atoms with Gasteiger partial charge in [0.15, 0.2) is 0 Å². The molecule has 1 aromatic heterocycles. The molecule has 1 atom stereocenters. The molecule has 0 radical (unpaired) electrons. The lowest BCUT2D eigenvalue weighted by Crippen LogP contribution is -2.42. The minimum Gasteiger partial charge on any atom is -0.480 e. The van der Waals surface area contributed by atoms with E-state index in [1.807, 2.05) is 6.92 Å². The van der Waals surface area contributed by atoms with Gasteiger partial charge in [-0.25, -0.2) is 4.98 Å². The molecule has 0 saturated carbocycles. The van der Waals surface area contributed by atoms with Gasteiger partial charge in [-0.05, 0) is 25.5 Å². The topological polar surface area (TPSA) is 70.5 Å². The number of carbonyl (C=O) groups is 2. The van der Waals surface area contributed by atoms with Crippen molar-refractivity contribution in [3.63, 3.8) is 0 Å². The molecule has 0 spiro atoms. The summed E-state index contributed by atoms with van der Waals surface area (Å²) in [4.78, 5) is 27.4. The zero-order valence-corrected chi connectivity index (χ0v) is 10.3. The lowest BCUT2D eigenvalue weighted by molar-refractivity contribution is -0.138. The van der Waals surface area contributed by atoms with Gasteiger partial charge < -0.3 is 10.0 Å². The second-order valence-corrected chi connectivity index (χ2v) is 3.93. The summed E-state index contributed by atoms with van der Waals surface area (Å²) < 4.78 is 12.9. The summed E-state index contributed by atoms with van der Waals surface area (Å²) in [5.74, 6) is -2.45. The van der Waals surface area contributed by atoms with Gasteiger partial charge in [0, 0.05) is 6.04 Å². The number of aromatic nitrogens is 1. The Labute approximate surface area is 104 Å². The molecule has 1 heterocycles. The molecule has 1 rings (SSSR count). The van der Waals surface area contributed by atoms with Crippen LogP contribution >= 0.6 is 0 Å². The highest BCUT2D eigenvalue weighted by Crippen LogP contribution is 2.09. The third-order valence-electron chi connectivity index (χ3n) is 2.62. The van der Waals surface area contributed by atoms with Crippen LogP contribution < -0.4 is 0 Å². The second-order valence-electron chi connectivity index (χ2n) is 3.93. The number of rotatable bonds is 5. The number of amides is 1. The van der Waals surface area contributed by atoms with E-state index in [0.717, 1.165) is 6.07 Å². The van der Waals surface area contributed by atoms with E-state index in [9.17, 15) is 14.0 Å². The minimum absolute atomic E-state index is 0.0865. The van der Waals surface area contributed by atoms with Crippen molar-refractivity contribution in [2.45, 2.75) is 26.3 Å². The van der Waals surface area contributed by atoms with Crippen LogP contribution in [0.2, 0.25) is 0 Å². The van der Waals surface area contributed by atoms with E-state index in [2.05, 4.69) is 4.98 Å². The lowest BCUT2D eigenvalue weighted by Gasteiger charge is -2.26. The van der Waals surface area contributed by atoms with Crippen LogP contribution in [0.5, 0.6) is 0 Å². The number of carboxylic acid groups (broad SMARTS) is 1. The third kappa shape index (κ3) is 3.51. The van der Waals surface area contributed by atoms with Crippen molar-refractivity contribution in [3.8, 4) is 0 Å². The maximum atomic E-state index is 12.9. The van der Waals surface area contributed by atoms with Gasteiger partial charge >= 0.3 is 5.97 Å². The number of pyridine rings is 1. The molecule has 0 aromatic carbocycles. The van der Waals surface area contributed by atoms with Crippen LogP contribution in [-0.2, 0) is 4.79 Å². The van der Waals surface area contributed by atoms with Crippen molar-refractivity contribution in [1.29, 1.82) is 0 Å². The molecule has 0 aliphatic rings. The number of hydrogen-bond acceptors (Lipinski definition) is 3. The monoisotopic (exact) mass is 254 g/mol. The molecule has 1 aromatic rings. The highest BCUT2D eigenvalue weighted by Gasteiger charge is 2.23. The van der Waals surface area contributed by atoms with Crippen LogP contribution in [0.1, 0.15) is 30.8 Å². The van der Waals surface area contributed by atoms with Crippen molar-refractivity contribution >= 4 is 11.9 Å². The standard InChI is InChI=1S/C12H15FN2O3/c1-3-8(2)15(7-11(16)17)12(18)9-5-4-6-10(13)14-9/h4-6,8H,3,7H2,1-2H3,(H,16,17). The average Bonchev–Trinajstić information content (AvgIpc) is 2.34. The van der Waals surface area contributed by atoms with E-state index >= 15 is 0 Å². The quantitative estimate of drug-likeness (QED) is 0.809. The van der Waals surface area contributed by atoms with Crippen molar-refractivity contribution in [3.05, 3.63) is 29.8 Å². The van der Waals surface area contributed by atoms with Crippen molar-refractivity contribution < 1.29 is 19.1 Å². The Morgan fingerprint density at radius 3 is 2.67 bits per heavy atom. The Balaban J connectivity index is 2.98. The second kappa shape index (κ2) is 6.09. The van der Waals surface area contributed by atoms with E-state index in [4.69, 9.17) is 5.11 Å². The van der Waals surface area contributed by atoms with Crippen molar-refractivity contribution in [1.82, 2.24) is 9.88 Å². The molecule has 0 fully saturated rings. The predicted molar refractivity (Wildman–Crippen MR) is 62.6 cm³/mol. The number of carbonyl (C=O) groups excluding carboxylic acids is 1. The first-order valence-corrected chi connectivity index (χ1v) is 5.61. The molecule has 1 N–H and O–H groups in total. The van der Waals surface area contributed by atoms with Crippen molar-refractivity contribution in [2.75, 3.05) is 6.54 Å². The number of halogens is 1. The molecule has 1 amide bonds. The number of nitrogens with zero attached hydrogens (tertiary/aromatic N) is 2. The third-order valence-corrected chi connectivity index (χ3v) is 2.62. The maximum Gasteiger partial charge on any atom is 0.323 e. The van der Waals surface area contributed by atoms with E-state index < -0.39 is 24.4 Å². The highest BCUT2D eigenvalue weighted by atomic mass is 19.1. The molecule has 5 nitrogen and oxygen atoms in total. The van der Waals surface area contributed by atoms with Gasteiger partial charge in [0.2, 0.25) is 5.95 Å². The Kier molecular flexibility index (Phi) is 4.76. The largest absolute Gasteiger partial charge is 0.480 e. The fourth-order valence-corrected chi connectivity index (χ4v) is 1.47. The molecular formula is C12H15FN2O3. The van der Waals surface area contributed by atoms with Gasteiger partial charge in [0.05, 0.1) is 0 Å². The Bertz CT molecular complexity index is 451. The Morgan fingerprint density at radius 2 is 2.17 bits per heavy atom. The van der Waals surface area contributed by atoms with Crippen LogP contribution in [0, 0.1) is 5.95 Å². The minimum atomic E-state index is -1.11. The SMILES string of the molecule is CCC(C)N(CC(=O)O)C(=O)c1cccc(F)n1. The van der Waals surface area contributed by atoms with Gasteiger partial charge in [0.1, 0.15) is 12.2 Å². The number of carboxylic acids is 1. The molecule has 98 valence electrons. The molecule has 0 bridgehead atoms. The molecule has 6 heteroatoms. The smallest absolute Gasteiger partial charge is 0.323 e. The fourth-order valence-electron chi connectivity index (χ4n) is 1.47. The van der Waals surface area contributed by atoms with Gasteiger partial charge in [0.25, 0.3) is 5.91 Å². The highest BCUT2D eigenvalue weighted by molar-refractivity contribution is 5.94. The number of aliphatic carboxylic acids is 1. The summed E-state index contributed by atoms with van der Waals surface area (Å²) in [6, 6.07) is 3.61. The van der Waals surface area contributed by atoms with Gasteiger partial charge in [-0.15, -0.1) is 0 Å². The zero-order valence-electron chi connectivity index (χ0n) is 10.3. The van der Waals surface area contributed by atoms with E-state index in [1.165, 1.54) is 17.0 Å². The van der Waals surface area contributed by atoms with E-state index in [-0.39, 0.29) is 11.7 Å². The molecule has 1 unspecified atom stereocenters. The van der Waals surface area contributed by atoms with Crippen molar-refractivity contribution in [2.24, 2.45) is 0 Å². The first kappa shape index (κ1) is 14.1. The van der Waals surface area contributed by atoms with Crippen LogP contribution in [0.25, 0.3) is 0 Å². The Morgan fingerprint density at radius 1 is 1.50 bits per heavy atom. The predicted octanol–water partition coefficient (Wildman–Crippen LogP) is 1.55. The summed E-state index contributed by atoms with van der Waals surface area (Å²) in [6.07, 6.45) is 0.605.